The summed E-state index contributed by atoms with van der Waals surface area (Å²) in [6.45, 7) is 6.49. The van der Waals surface area contributed by atoms with Gasteiger partial charge in [0.2, 0.25) is 0 Å². The molecular formula is C8H14CuFN2. The van der Waals surface area contributed by atoms with Crippen molar-refractivity contribution in [2.75, 3.05) is 0 Å². The third kappa shape index (κ3) is 3.37. The molecule has 0 bridgehead atoms. The van der Waals surface area contributed by atoms with Crippen molar-refractivity contribution >= 4 is 0 Å². The fourth-order valence-electron chi connectivity index (χ4n) is 0.815. The van der Waals surface area contributed by atoms with Crippen LogP contribution in [-0.4, -0.2) is 9.78 Å². The molecule has 0 amide bonds. The van der Waals surface area contributed by atoms with Crippen LogP contribution >= 0.6 is 0 Å². The summed E-state index contributed by atoms with van der Waals surface area (Å²) in [6.07, 6.45) is 1.97. The molecule has 0 unspecified atom stereocenters. The van der Waals surface area contributed by atoms with E-state index >= 15 is 0 Å². The first-order valence-electron chi connectivity index (χ1n) is 3.61. The molecule has 0 aliphatic rings. The van der Waals surface area contributed by atoms with E-state index in [1.165, 1.54) is 0 Å². The third-order valence-electron chi connectivity index (χ3n) is 1.48. The van der Waals surface area contributed by atoms with Crippen molar-refractivity contribution in [2.45, 2.75) is 26.2 Å². The van der Waals surface area contributed by atoms with E-state index in [1.54, 1.807) is 0 Å². The van der Waals surface area contributed by atoms with Crippen molar-refractivity contribution in [3.8, 4) is 0 Å². The Kier molecular flexibility index (Phi) is 4.50. The van der Waals surface area contributed by atoms with Crippen LogP contribution in [0.1, 0.15) is 26.5 Å². The molecule has 0 aliphatic carbocycles. The molecule has 12 heavy (non-hydrogen) atoms. The number of aromatic nitrogens is 2. The van der Waals surface area contributed by atoms with Gasteiger partial charge in [0.1, 0.15) is 0 Å². The Labute approximate surface area is 81.4 Å². The molecule has 1 rings (SSSR count). The van der Waals surface area contributed by atoms with Crippen LogP contribution < -0.4 is 0 Å². The van der Waals surface area contributed by atoms with Crippen LogP contribution in [-0.2, 0) is 28.9 Å². The predicted molar refractivity (Wildman–Crippen MR) is 43.0 cm³/mol. The van der Waals surface area contributed by atoms with E-state index in [1.807, 2.05) is 17.9 Å². The number of aryl methyl sites for hydroxylation is 1. The number of rotatable bonds is 0. The Bertz CT molecular complexity index is 227. The minimum absolute atomic E-state index is 0.182. The second-order valence-corrected chi connectivity index (χ2v) is 3.62. The topological polar surface area (TPSA) is 17.8 Å². The van der Waals surface area contributed by atoms with Gasteiger partial charge in [-0.15, -0.1) is 0 Å². The Morgan fingerprint density at radius 1 is 1.42 bits per heavy atom. The normalized spacial score (nSPS) is 10.6. The molecule has 0 saturated heterocycles. The van der Waals surface area contributed by atoms with Crippen molar-refractivity contribution in [3.63, 3.8) is 0 Å². The van der Waals surface area contributed by atoms with Gasteiger partial charge in [0.05, 0.1) is 5.69 Å². The predicted octanol–water partition coefficient (Wildman–Crippen LogP) is 2.14. The number of halogens is 1. The van der Waals surface area contributed by atoms with Crippen LogP contribution in [0.15, 0.2) is 12.3 Å². The quantitative estimate of drug-likeness (QED) is 0.613. The number of hydrogen-bond donors (Lipinski definition) is 0. The molecule has 0 spiro atoms. The number of hydrogen-bond acceptors (Lipinski definition) is 1. The van der Waals surface area contributed by atoms with Gasteiger partial charge in [-0.2, -0.15) is 5.10 Å². The number of nitrogens with zero attached hydrogens (tertiary/aromatic N) is 2. The van der Waals surface area contributed by atoms with Gasteiger partial charge in [0.15, 0.2) is 0 Å². The van der Waals surface area contributed by atoms with E-state index in [9.17, 15) is 0 Å². The molecule has 0 atom stereocenters. The maximum absolute atomic E-state index is 9.06. The summed E-state index contributed by atoms with van der Waals surface area (Å²) in [5, 5.41) is 4.30. The molecule has 1 heterocycles. The zero-order valence-electron chi connectivity index (χ0n) is 7.73. The van der Waals surface area contributed by atoms with Gasteiger partial charge in [-0.3, -0.25) is 4.68 Å². The maximum atomic E-state index is 9.06. The minimum atomic E-state index is 0.182. The van der Waals surface area contributed by atoms with Crippen molar-refractivity contribution in [1.82, 2.24) is 9.78 Å². The molecule has 1 aromatic heterocycles. The van der Waals surface area contributed by atoms with Crippen LogP contribution in [0.25, 0.3) is 0 Å². The van der Waals surface area contributed by atoms with Gasteiger partial charge >= 0.3 is 20.0 Å². The van der Waals surface area contributed by atoms with Crippen LogP contribution in [0.3, 0.4) is 0 Å². The molecule has 0 N–H and O–H groups in total. The zero-order chi connectivity index (χ0) is 9.78. The summed E-state index contributed by atoms with van der Waals surface area (Å²) in [6, 6.07) is 2.06. The molecule has 1 aromatic rings. The van der Waals surface area contributed by atoms with Crippen molar-refractivity contribution in [1.29, 1.82) is 0 Å². The fraction of sp³-hybridized carbons (Fsp3) is 0.625. The van der Waals surface area contributed by atoms with Gasteiger partial charge in [-0.1, -0.05) is 20.8 Å². The molecule has 0 fully saturated rings. The van der Waals surface area contributed by atoms with Crippen LogP contribution in [0.5, 0.6) is 0 Å². The first-order chi connectivity index (χ1) is 5.50. The zero-order valence-corrected chi connectivity index (χ0v) is 8.67. The first-order valence-corrected chi connectivity index (χ1v) is 3.97. The summed E-state index contributed by atoms with van der Waals surface area (Å²) < 4.78 is 10.9. The summed E-state index contributed by atoms with van der Waals surface area (Å²) >= 11 is 2.69. The van der Waals surface area contributed by atoms with Crippen LogP contribution in [0, 0.1) is 0 Å². The summed E-state index contributed by atoms with van der Waals surface area (Å²) in [5.41, 5.74) is 1.33. The van der Waals surface area contributed by atoms with Crippen molar-refractivity contribution in [2.24, 2.45) is 7.05 Å². The van der Waals surface area contributed by atoms with Crippen LogP contribution in [0.4, 0.5) is 3.55 Å². The van der Waals surface area contributed by atoms with Gasteiger partial charge < -0.3 is 0 Å². The van der Waals surface area contributed by atoms with E-state index in [0.717, 1.165) is 5.69 Å². The Morgan fingerprint density at radius 3 is 2.08 bits per heavy atom. The molecule has 74 valence electrons. The molecule has 0 radical (unpaired) electrons. The fourth-order valence-corrected chi connectivity index (χ4v) is 0.815. The van der Waals surface area contributed by atoms with E-state index in [-0.39, 0.29) is 5.41 Å². The second kappa shape index (κ2) is 4.63. The Balaban J connectivity index is 0.000000561. The molecule has 2 nitrogen and oxygen atoms in total. The molecule has 4 heteroatoms. The third-order valence-corrected chi connectivity index (χ3v) is 1.48. The van der Waals surface area contributed by atoms with Gasteiger partial charge in [-0.25, -0.2) is 0 Å². The van der Waals surface area contributed by atoms with E-state index in [2.05, 4.69) is 48.4 Å². The molecule has 0 aliphatic heterocycles. The van der Waals surface area contributed by atoms with E-state index in [0.29, 0.717) is 0 Å². The van der Waals surface area contributed by atoms with Crippen molar-refractivity contribution in [3.05, 3.63) is 18.0 Å². The van der Waals surface area contributed by atoms with Gasteiger partial charge in [0, 0.05) is 18.7 Å². The average Bonchev–Trinajstić information content (AvgIpc) is 2.39. The Morgan fingerprint density at radius 2 is 1.92 bits per heavy atom. The SMILES string of the molecule is Cn1ccc(C(C)(C)C)n1.[F][Cu]. The molecule has 0 aromatic carbocycles. The average molecular weight is 221 g/mol. The van der Waals surface area contributed by atoms with Crippen molar-refractivity contribution < 1.29 is 20.0 Å². The molecule has 0 saturated carbocycles. The second-order valence-electron chi connectivity index (χ2n) is 3.62. The van der Waals surface area contributed by atoms with Gasteiger partial charge in [0.25, 0.3) is 0 Å². The first kappa shape index (κ1) is 11.7. The van der Waals surface area contributed by atoms with Crippen LogP contribution in [0.2, 0.25) is 0 Å². The van der Waals surface area contributed by atoms with E-state index < -0.39 is 0 Å². The molecular weight excluding hydrogens is 207 g/mol. The summed E-state index contributed by atoms with van der Waals surface area (Å²) in [7, 11) is 1.94. The summed E-state index contributed by atoms with van der Waals surface area (Å²) in [5.74, 6) is 0. The van der Waals surface area contributed by atoms with Gasteiger partial charge in [-0.05, 0) is 6.07 Å². The standard InChI is InChI=1S/C8H14N2.Cu.FH/c1-8(2,3)7-5-6-10(4)9-7;;/h5-6H,1-4H3;;1H/q;+1;/p-1. The summed E-state index contributed by atoms with van der Waals surface area (Å²) in [4.78, 5) is 0. The van der Waals surface area contributed by atoms with E-state index in [4.69, 9.17) is 3.55 Å². The monoisotopic (exact) mass is 220 g/mol. The Hall–Kier alpha value is -0.341.